The zero-order valence-corrected chi connectivity index (χ0v) is 16.6. The lowest BCUT2D eigenvalue weighted by Gasteiger charge is -2.40. The minimum absolute atomic E-state index is 0. The maximum Gasteiger partial charge on any atom is 0.124 e. The van der Waals surface area contributed by atoms with Gasteiger partial charge in [0.2, 0.25) is 0 Å². The summed E-state index contributed by atoms with van der Waals surface area (Å²) >= 11 is 0. The summed E-state index contributed by atoms with van der Waals surface area (Å²) in [5, 5.41) is 10.3. The zero-order chi connectivity index (χ0) is 17.5. The van der Waals surface area contributed by atoms with Gasteiger partial charge in [0.25, 0.3) is 0 Å². The first kappa shape index (κ1) is 22.0. The number of hydrogen-bond acceptors (Lipinski definition) is 5. The van der Waals surface area contributed by atoms with E-state index in [0.29, 0.717) is 31.8 Å². The second kappa shape index (κ2) is 10.9. The molecule has 0 aromatic heterocycles. The molecule has 0 aliphatic carbocycles. The highest BCUT2D eigenvalue weighted by Gasteiger charge is 2.26. The Labute approximate surface area is 157 Å². The van der Waals surface area contributed by atoms with Crippen LogP contribution in [0.25, 0.3) is 0 Å². The van der Waals surface area contributed by atoms with Crippen LogP contribution >= 0.6 is 12.4 Å². The molecule has 0 spiro atoms. The Hall–Kier alpha value is -1.01. The van der Waals surface area contributed by atoms with Crippen molar-refractivity contribution in [2.24, 2.45) is 0 Å². The Morgan fingerprint density at radius 2 is 1.84 bits per heavy atom. The monoisotopic (exact) mass is 373 g/mol. The highest BCUT2D eigenvalue weighted by Crippen LogP contribution is 2.25. The molecule has 25 heavy (non-hydrogen) atoms. The molecule has 1 heterocycles. The smallest absolute Gasteiger partial charge is 0.124 e. The number of halogens is 1. The van der Waals surface area contributed by atoms with E-state index in [9.17, 15) is 5.11 Å². The van der Waals surface area contributed by atoms with Gasteiger partial charge in [-0.3, -0.25) is 4.90 Å². The molecule has 1 aromatic rings. The molecule has 0 saturated carbocycles. The van der Waals surface area contributed by atoms with Crippen molar-refractivity contribution in [3.63, 3.8) is 0 Å². The van der Waals surface area contributed by atoms with Gasteiger partial charge in [-0.2, -0.15) is 0 Å². The summed E-state index contributed by atoms with van der Waals surface area (Å²) in [7, 11) is 3.27. The van der Waals surface area contributed by atoms with Gasteiger partial charge in [0.05, 0.1) is 33.5 Å². The molecular formula is C19H32ClNO4. The van der Waals surface area contributed by atoms with Gasteiger partial charge >= 0.3 is 0 Å². The van der Waals surface area contributed by atoms with Crippen LogP contribution in [0.1, 0.15) is 38.7 Å². The predicted molar refractivity (Wildman–Crippen MR) is 102 cm³/mol. The first-order valence-electron chi connectivity index (χ1n) is 8.77. The Kier molecular flexibility index (Phi) is 9.57. The van der Waals surface area contributed by atoms with Gasteiger partial charge in [-0.25, -0.2) is 0 Å². The van der Waals surface area contributed by atoms with Gasteiger partial charge in [0, 0.05) is 24.2 Å². The van der Waals surface area contributed by atoms with E-state index in [1.54, 1.807) is 14.2 Å². The van der Waals surface area contributed by atoms with Gasteiger partial charge < -0.3 is 19.3 Å². The van der Waals surface area contributed by atoms with E-state index in [1.165, 1.54) is 19.3 Å². The van der Waals surface area contributed by atoms with Crippen molar-refractivity contribution in [1.82, 2.24) is 4.90 Å². The molecule has 6 heteroatoms. The maximum atomic E-state index is 10.3. The second-order valence-corrected chi connectivity index (χ2v) is 6.67. The zero-order valence-electron chi connectivity index (χ0n) is 15.7. The van der Waals surface area contributed by atoms with Gasteiger partial charge in [-0.05, 0) is 44.9 Å². The fraction of sp³-hybridized carbons (Fsp3) is 0.684. The van der Waals surface area contributed by atoms with Crippen molar-refractivity contribution in [3.05, 3.63) is 23.8 Å². The standard InChI is InChI=1S/C19H31NO4.ClH/c1-14-6-5-7-15(2)20(14)11-17(21)13-24-12-16-10-18(22-3)8-9-19(16)23-4;/h8-10,14-15,17,21H,5-7,11-13H2,1-4H3;1H. The van der Waals surface area contributed by atoms with Crippen LogP contribution in [-0.4, -0.2) is 55.6 Å². The van der Waals surface area contributed by atoms with E-state index in [4.69, 9.17) is 14.2 Å². The second-order valence-electron chi connectivity index (χ2n) is 6.67. The fourth-order valence-electron chi connectivity index (χ4n) is 3.43. The van der Waals surface area contributed by atoms with Gasteiger partial charge in [0.15, 0.2) is 0 Å². The third-order valence-corrected chi connectivity index (χ3v) is 4.85. The van der Waals surface area contributed by atoms with Crippen LogP contribution in [0.4, 0.5) is 0 Å². The number of aliphatic hydroxyl groups is 1. The third-order valence-electron chi connectivity index (χ3n) is 4.85. The molecule has 0 radical (unpaired) electrons. The number of rotatable bonds is 8. The topological polar surface area (TPSA) is 51.2 Å². The van der Waals surface area contributed by atoms with Crippen molar-refractivity contribution in [1.29, 1.82) is 0 Å². The summed E-state index contributed by atoms with van der Waals surface area (Å²) in [6, 6.07) is 6.69. The Morgan fingerprint density at radius 1 is 1.16 bits per heavy atom. The highest BCUT2D eigenvalue weighted by molar-refractivity contribution is 5.85. The highest BCUT2D eigenvalue weighted by atomic mass is 35.5. The first-order valence-corrected chi connectivity index (χ1v) is 8.77. The Morgan fingerprint density at radius 3 is 2.44 bits per heavy atom. The number of nitrogens with zero attached hydrogens (tertiary/aromatic N) is 1. The Bertz CT molecular complexity index is 504. The summed E-state index contributed by atoms with van der Waals surface area (Å²) in [6.07, 6.45) is 3.21. The van der Waals surface area contributed by atoms with Gasteiger partial charge in [-0.1, -0.05) is 6.42 Å². The molecule has 0 bridgehead atoms. The summed E-state index contributed by atoms with van der Waals surface area (Å²) in [5.74, 6) is 1.54. The summed E-state index contributed by atoms with van der Waals surface area (Å²) in [4.78, 5) is 2.39. The van der Waals surface area contributed by atoms with Crippen molar-refractivity contribution in [2.45, 2.75) is 57.9 Å². The lowest BCUT2D eigenvalue weighted by molar-refractivity contribution is -0.0138. The van der Waals surface area contributed by atoms with E-state index < -0.39 is 6.10 Å². The number of aliphatic hydroxyl groups excluding tert-OH is 1. The Balaban J connectivity index is 0.00000312. The quantitative estimate of drug-likeness (QED) is 0.757. The number of β-amino-alcohol motifs (C(OH)–C–C–N with tert-alkyl or cyclic N) is 1. The van der Waals surface area contributed by atoms with Crippen LogP contribution in [0, 0.1) is 0 Å². The molecule has 144 valence electrons. The molecule has 1 aliphatic rings. The fourth-order valence-corrected chi connectivity index (χ4v) is 3.43. The summed E-state index contributed by atoms with van der Waals surface area (Å²) < 4.78 is 16.3. The molecule has 5 nitrogen and oxygen atoms in total. The van der Waals surface area contributed by atoms with Crippen molar-refractivity contribution >= 4 is 12.4 Å². The number of piperidine rings is 1. The normalized spacial score (nSPS) is 22.1. The predicted octanol–water partition coefficient (Wildman–Crippen LogP) is 3.27. The first-order chi connectivity index (χ1) is 11.5. The van der Waals surface area contributed by atoms with Gasteiger partial charge in [-0.15, -0.1) is 12.4 Å². The van der Waals surface area contributed by atoms with E-state index in [2.05, 4.69) is 18.7 Å². The lowest BCUT2D eigenvalue weighted by Crippen LogP contribution is -2.48. The van der Waals surface area contributed by atoms with Crippen LogP contribution < -0.4 is 9.47 Å². The van der Waals surface area contributed by atoms with Crippen LogP contribution in [-0.2, 0) is 11.3 Å². The summed E-state index contributed by atoms with van der Waals surface area (Å²) in [6.45, 7) is 5.85. The molecular weight excluding hydrogens is 342 g/mol. The minimum Gasteiger partial charge on any atom is -0.497 e. The van der Waals surface area contributed by atoms with Gasteiger partial charge in [0.1, 0.15) is 11.5 Å². The molecule has 1 saturated heterocycles. The van der Waals surface area contributed by atoms with E-state index in [0.717, 1.165) is 17.1 Å². The van der Waals surface area contributed by atoms with E-state index >= 15 is 0 Å². The average Bonchev–Trinajstić information content (AvgIpc) is 2.58. The lowest BCUT2D eigenvalue weighted by atomic mass is 9.97. The van der Waals surface area contributed by atoms with E-state index in [1.807, 2.05) is 18.2 Å². The molecule has 1 aliphatic heterocycles. The number of benzene rings is 1. The molecule has 1 aromatic carbocycles. The number of hydrogen-bond donors (Lipinski definition) is 1. The summed E-state index contributed by atoms with van der Waals surface area (Å²) in [5.41, 5.74) is 0.920. The molecule has 3 unspecified atom stereocenters. The van der Waals surface area contributed by atoms with E-state index in [-0.39, 0.29) is 12.4 Å². The van der Waals surface area contributed by atoms with Crippen molar-refractivity contribution in [2.75, 3.05) is 27.4 Å². The van der Waals surface area contributed by atoms with Crippen LogP contribution in [0.2, 0.25) is 0 Å². The van der Waals surface area contributed by atoms with Crippen LogP contribution in [0.5, 0.6) is 11.5 Å². The van der Waals surface area contributed by atoms with Crippen LogP contribution in [0.15, 0.2) is 18.2 Å². The molecule has 2 rings (SSSR count). The number of methoxy groups -OCH3 is 2. The molecule has 0 amide bonds. The van der Waals surface area contributed by atoms with Crippen LogP contribution in [0.3, 0.4) is 0 Å². The van der Waals surface area contributed by atoms with Crippen molar-refractivity contribution in [3.8, 4) is 11.5 Å². The third kappa shape index (κ3) is 6.33. The minimum atomic E-state index is -0.482. The largest absolute Gasteiger partial charge is 0.497 e. The molecule has 1 N–H and O–H groups in total. The van der Waals surface area contributed by atoms with Crippen molar-refractivity contribution < 1.29 is 19.3 Å². The maximum absolute atomic E-state index is 10.3. The number of ether oxygens (including phenoxy) is 3. The SMILES string of the molecule is COc1ccc(OC)c(COCC(O)CN2C(C)CCCC2C)c1.Cl. The average molecular weight is 374 g/mol. The molecule has 1 fully saturated rings. The number of likely N-dealkylation sites (tertiary alicyclic amines) is 1. The molecule has 3 atom stereocenters.